The van der Waals surface area contributed by atoms with Crippen LogP contribution >= 0.6 is 0 Å². The monoisotopic (exact) mass is 312 g/mol. The van der Waals surface area contributed by atoms with Crippen molar-refractivity contribution in [3.05, 3.63) is 65.2 Å². The van der Waals surface area contributed by atoms with Gasteiger partial charge in [-0.2, -0.15) is 0 Å². The second kappa shape index (κ2) is 7.79. The fraction of sp³-hybridized carbons (Fsp3) is 0.316. The summed E-state index contributed by atoms with van der Waals surface area (Å²) in [7, 11) is 7.51. The number of carbonyl (C=O) groups excluding carboxylic acids is 1. The highest BCUT2D eigenvalue weighted by Crippen LogP contribution is 2.15. The van der Waals surface area contributed by atoms with E-state index >= 15 is 0 Å². The van der Waals surface area contributed by atoms with Gasteiger partial charge in [0.1, 0.15) is 0 Å². The van der Waals surface area contributed by atoms with Crippen molar-refractivity contribution < 1.29 is 9.53 Å². The predicted octanol–water partition coefficient (Wildman–Crippen LogP) is 3.17. The van der Waals surface area contributed by atoms with Gasteiger partial charge in [-0.1, -0.05) is 24.3 Å². The Balaban J connectivity index is 2.01. The Morgan fingerprint density at radius 3 is 2.00 bits per heavy atom. The van der Waals surface area contributed by atoms with Crippen molar-refractivity contribution >= 4 is 11.6 Å². The third-order valence-electron chi connectivity index (χ3n) is 3.73. The summed E-state index contributed by atoms with van der Waals surface area (Å²) in [5.41, 5.74) is 4.02. The Labute approximate surface area is 138 Å². The van der Waals surface area contributed by atoms with Crippen LogP contribution in [0, 0.1) is 0 Å². The van der Waals surface area contributed by atoms with E-state index < -0.39 is 0 Å². The fourth-order valence-corrected chi connectivity index (χ4v) is 2.38. The van der Waals surface area contributed by atoms with E-state index in [0.717, 1.165) is 16.8 Å². The van der Waals surface area contributed by atoms with Gasteiger partial charge < -0.3 is 14.5 Å². The maximum absolute atomic E-state index is 12.5. The molecule has 0 heterocycles. The maximum Gasteiger partial charge on any atom is 0.253 e. The summed E-state index contributed by atoms with van der Waals surface area (Å²) in [4.78, 5) is 16.3. The summed E-state index contributed by atoms with van der Waals surface area (Å²) in [6, 6.07) is 15.8. The van der Waals surface area contributed by atoms with Crippen molar-refractivity contribution in [1.82, 2.24) is 4.90 Å². The molecule has 23 heavy (non-hydrogen) atoms. The lowest BCUT2D eigenvalue weighted by atomic mass is 10.1. The van der Waals surface area contributed by atoms with Crippen LogP contribution in [0.3, 0.4) is 0 Å². The molecular weight excluding hydrogens is 288 g/mol. The molecule has 2 aromatic carbocycles. The summed E-state index contributed by atoms with van der Waals surface area (Å²) < 4.78 is 5.08. The van der Waals surface area contributed by atoms with Gasteiger partial charge in [0, 0.05) is 46.0 Å². The molecule has 0 aliphatic rings. The molecule has 0 bridgehead atoms. The van der Waals surface area contributed by atoms with Gasteiger partial charge in [0.15, 0.2) is 0 Å². The van der Waals surface area contributed by atoms with Gasteiger partial charge >= 0.3 is 0 Å². The van der Waals surface area contributed by atoms with Gasteiger partial charge in [-0.15, -0.1) is 0 Å². The van der Waals surface area contributed by atoms with E-state index in [1.54, 1.807) is 12.0 Å². The first kappa shape index (κ1) is 17.0. The standard InChI is InChI=1S/C19H24N2O2/c1-20(2)18-11-7-15(8-12-18)13-21(3)19(22)17-9-5-16(6-10-17)14-23-4/h5-12H,13-14H2,1-4H3. The molecular formula is C19H24N2O2. The topological polar surface area (TPSA) is 32.8 Å². The van der Waals surface area contributed by atoms with Crippen molar-refractivity contribution in [3.63, 3.8) is 0 Å². The molecule has 0 spiro atoms. The molecule has 0 fully saturated rings. The number of amides is 1. The lowest BCUT2D eigenvalue weighted by Crippen LogP contribution is -2.26. The average molecular weight is 312 g/mol. The summed E-state index contributed by atoms with van der Waals surface area (Å²) >= 11 is 0. The van der Waals surface area contributed by atoms with Gasteiger partial charge in [-0.25, -0.2) is 0 Å². The third-order valence-corrected chi connectivity index (χ3v) is 3.73. The van der Waals surface area contributed by atoms with E-state index in [-0.39, 0.29) is 5.91 Å². The Morgan fingerprint density at radius 2 is 1.48 bits per heavy atom. The summed E-state index contributed by atoms with van der Waals surface area (Å²) in [6.07, 6.45) is 0. The molecule has 0 atom stereocenters. The van der Waals surface area contributed by atoms with Crippen molar-refractivity contribution in [3.8, 4) is 0 Å². The lowest BCUT2D eigenvalue weighted by molar-refractivity contribution is 0.0785. The average Bonchev–Trinajstić information content (AvgIpc) is 2.55. The molecule has 4 nitrogen and oxygen atoms in total. The first-order chi connectivity index (χ1) is 11.0. The number of nitrogens with zero attached hydrogens (tertiary/aromatic N) is 2. The van der Waals surface area contributed by atoms with Gasteiger partial charge in [0.2, 0.25) is 0 Å². The molecule has 4 heteroatoms. The zero-order valence-electron chi connectivity index (χ0n) is 14.2. The van der Waals surface area contributed by atoms with Crippen LogP contribution in [-0.2, 0) is 17.9 Å². The van der Waals surface area contributed by atoms with E-state index in [4.69, 9.17) is 4.74 Å². The second-order valence-electron chi connectivity index (χ2n) is 5.85. The number of rotatable bonds is 6. The van der Waals surface area contributed by atoms with Crippen molar-refractivity contribution in [1.29, 1.82) is 0 Å². The minimum atomic E-state index is 0.0191. The Bertz CT molecular complexity index is 633. The number of hydrogen-bond donors (Lipinski definition) is 0. The Morgan fingerprint density at radius 1 is 0.913 bits per heavy atom. The number of carbonyl (C=O) groups is 1. The normalized spacial score (nSPS) is 10.4. The Kier molecular flexibility index (Phi) is 5.77. The van der Waals surface area contributed by atoms with Crippen LogP contribution in [0.1, 0.15) is 21.5 Å². The second-order valence-corrected chi connectivity index (χ2v) is 5.85. The van der Waals surface area contributed by atoms with Crippen molar-refractivity contribution in [2.45, 2.75) is 13.2 Å². The van der Waals surface area contributed by atoms with E-state index in [0.29, 0.717) is 18.7 Å². The van der Waals surface area contributed by atoms with Crippen LogP contribution in [0.2, 0.25) is 0 Å². The van der Waals surface area contributed by atoms with Crippen molar-refractivity contribution in [2.75, 3.05) is 33.2 Å². The van der Waals surface area contributed by atoms with Crippen LogP contribution < -0.4 is 4.90 Å². The highest BCUT2D eigenvalue weighted by Gasteiger charge is 2.12. The number of benzene rings is 2. The van der Waals surface area contributed by atoms with Crippen LogP contribution in [0.15, 0.2) is 48.5 Å². The highest BCUT2D eigenvalue weighted by atomic mass is 16.5. The molecule has 0 aliphatic heterocycles. The SMILES string of the molecule is COCc1ccc(C(=O)N(C)Cc2ccc(N(C)C)cc2)cc1. The number of anilines is 1. The molecule has 122 valence electrons. The van der Waals surface area contributed by atoms with Crippen LogP contribution in [0.25, 0.3) is 0 Å². The predicted molar refractivity (Wildman–Crippen MR) is 93.7 cm³/mol. The zero-order chi connectivity index (χ0) is 16.8. The Hall–Kier alpha value is -2.33. The lowest BCUT2D eigenvalue weighted by Gasteiger charge is -2.18. The molecule has 0 aromatic heterocycles. The van der Waals surface area contributed by atoms with Crippen LogP contribution in [0.4, 0.5) is 5.69 Å². The highest BCUT2D eigenvalue weighted by molar-refractivity contribution is 5.94. The fourth-order valence-electron chi connectivity index (χ4n) is 2.38. The molecule has 0 saturated carbocycles. The molecule has 0 radical (unpaired) electrons. The number of methoxy groups -OCH3 is 1. The molecule has 2 aromatic rings. The van der Waals surface area contributed by atoms with Gasteiger partial charge in [-0.3, -0.25) is 4.79 Å². The molecule has 0 unspecified atom stereocenters. The van der Waals surface area contributed by atoms with E-state index in [2.05, 4.69) is 29.2 Å². The molecule has 2 rings (SSSR count). The summed E-state index contributed by atoms with van der Waals surface area (Å²) in [6.45, 7) is 1.15. The van der Waals surface area contributed by atoms with Gasteiger partial charge in [-0.05, 0) is 35.4 Å². The number of hydrogen-bond acceptors (Lipinski definition) is 3. The van der Waals surface area contributed by atoms with E-state index in [9.17, 15) is 4.79 Å². The van der Waals surface area contributed by atoms with Gasteiger partial charge in [0.05, 0.1) is 6.61 Å². The minimum absolute atomic E-state index is 0.0191. The maximum atomic E-state index is 12.5. The molecule has 1 amide bonds. The summed E-state index contributed by atoms with van der Waals surface area (Å²) in [5.74, 6) is 0.0191. The largest absolute Gasteiger partial charge is 0.380 e. The molecule has 0 saturated heterocycles. The smallest absolute Gasteiger partial charge is 0.253 e. The third kappa shape index (κ3) is 4.57. The van der Waals surface area contributed by atoms with E-state index in [1.165, 1.54) is 0 Å². The van der Waals surface area contributed by atoms with Gasteiger partial charge in [0.25, 0.3) is 5.91 Å². The zero-order valence-corrected chi connectivity index (χ0v) is 14.2. The van der Waals surface area contributed by atoms with Crippen LogP contribution in [0.5, 0.6) is 0 Å². The van der Waals surface area contributed by atoms with Crippen LogP contribution in [-0.4, -0.2) is 39.1 Å². The number of ether oxygens (including phenoxy) is 1. The molecule has 0 N–H and O–H groups in total. The van der Waals surface area contributed by atoms with Crippen molar-refractivity contribution in [2.24, 2.45) is 0 Å². The molecule has 0 aliphatic carbocycles. The quantitative estimate of drug-likeness (QED) is 0.821. The minimum Gasteiger partial charge on any atom is -0.380 e. The summed E-state index contributed by atoms with van der Waals surface area (Å²) in [5, 5.41) is 0. The first-order valence-electron chi connectivity index (χ1n) is 7.61. The first-order valence-corrected chi connectivity index (χ1v) is 7.61. The van der Waals surface area contributed by atoms with E-state index in [1.807, 2.05) is 45.4 Å².